The fraction of sp³-hybridized carbons (Fsp3) is 0.208. The number of hydrogen-bond acceptors (Lipinski definition) is 6. The van der Waals surface area contributed by atoms with Crippen LogP contribution in [0, 0.1) is 0 Å². The Bertz CT molecular complexity index is 1440. The van der Waals surface area contributed by atoms with Crippen molar-refractivity contribution in [2.24, 2.45) is 4.99 Å². The zero-order valence-electron chi connectivity index (χ0n) is 18.1. The van der Waals surface area contributed by atoms with Gasteiger partial charge in [-0.2, -0.15) is 8.78 Å². The van der Waals surface area contributed by atoms with Crippen LogP contribution >= 0.6 is 22.9 Å². The molecular weight excluding hydrogens is 486 g/mol. The lowest BCUT2D eigenvalue weighted by atomic mass is 9.96. The predicted molar refractivity (Wildman–Crippen MR) is 125 cm³/mol. The molecule has 176 valence electrons. The van der Waals surface area contributed by atoms with Crippen molar-refractivity contribution in [3.63, 3.8) is 0 Å². The number of nitrogens with zero attached hydrogens (tertiary/aromatic N) is 2. The Kier molecular flexibility index (Phi) is 6.95. The first-order valence-electron chi connectivity index (χ1n) is 10.3. The van der Waals surface area contributed by atoms with Crippen molar-refractivity contribution < 1.29 is 23.0 Å². The van der Waals surface area contributed by atoms with Crippen LogP contribution in [0.2, 0.25) is 5.02 Å². The minimum Gasteiger partial charge on any atom is -0.463 e. The SMILES string of the molecule is CCOC(=O)C1=C(C)N=c2s/c(=C/c3ccccc3OC(F)F)c(=O)n2C1c1ccc(Cl)cc1. The van der Waals surface area contributed by atoms with E-state index in [0.717, 1.165) is 11.3 Å². The number of alkyl halides is 2. The highest BCUT2D eigenvalue weighted by Crippen LogP contribution is 2.31. The minimum absolute atomic E-state index is 0.0546. The number of allylic oxidation sites excluding steroid dienone is 1. The van der Waals surface area contributed by atoms with E-state index in [-0.39, 0.29) is 22.5 Å². The van der Waals surface area contributed by atoms with Crippen molar-refractivity contribution >= 4 is 35.0 Å². The number of halogens is 3. The van der Waals surface area contributed by atoms with Gasteiger partial charge in [-0.3, -0.25) is 9.36 Å². The summed E-state index contributed by atoms with van der Waals surface area (Å²) in [7, 11) is 0. The second-order valence-corrected chi connectivity index (χ2v) is 8.72. The van der Waals surface area contributed by atoms with Crippen molar-refractivity contribution in [2.45, 2.75) is 26.5 Å². The van der Waals surface area contributed by atoms with E-state index < -0.39 is 24.2 Å². The molecule has 10 heteroatoms. The molecular formula is C24H19ClF2N2O4S. The van der Waals surface area contributed by atoms with Gasteiger partial charge in [0.05, 0.1) is 28.5 Å². The monoisotopic (exact) mass is 504 g/mol. The number of carbonyl (C=O) groups excluding carboxylic acids is 1. The van der Waals surface area contributed by atoms with Gasteiger partial charge in [-0.25, -0.2) is 9.79 Å². The Morgan fingerprint density at radius 2 is 1.94 bits per heavy atom. The van der Waals surface area contributed by atoms with Crippen molar-refractivity contribution in [2.75, 3.05) is 6.61 Å². The van der Waals surface area contributed by atoms with E-state index in [2.05, 4.69) is 9.73 Å². The lowest BCUT2D eigenvalue weighted by Crippen LogP contribution is -2.39. The van der Waals surface area contributed by atoms with Crippen LogP contribution in [0.15, 0.2) is 69.6 Å². The van der Waals surface area contributed by atoms with Crippen molar-refractivity contribution in [1.29, 1.82) is 0 Å². The number of rotatable bonds is 6. The average molecular weight is 505 g/mol. The average Bonchev–Trinajstić information content (AvgIpc) is 3.09. The fourth-order valence-corrected chi connectivity index (χ4v) is 4.86. The molecule has 34 heavy (non-hydrogen) atoms. The summed E-state index contributed by atoms with van der Waals surface area (Å²) in [5.74, 6) is -0.630. The highest BCUT2D eigenvalue weighted by molar-refractivity contribution is 7.07. The number of benzene rings is 2. The zero-order valence-corrected chi connectivity index (χ0v) is 19.7. The van der Waals surface area contributed by atoms with E-state index >= 15 is 0 Å². The highest BCUT2D eigenvalue weighted by atomic mass is 35.5. The molecule has 0 radical (unpaired) electrons. The van der Waals surface area contributed by atoms with E-state index in [0.29, 0.717) is 26.6 Å². The van der Waals surface area contributed by atoms with E-state index in [1.165, 1.54) is 16.7 Å². The van der Waals surface area contributed by atoms with Crippen LogP contribution in [0.5, 0.6) is 5.75 Å². The van der Waals surface area contributed by atoms with Crippen LogP contribution in [-0.2, 0) is 9.53 Å². The van der Waals surface area contributed by atoms with Crippen LogP contribution < -0.4 is 19.6 Å². The maximum absolute atomic E-state index is 13.5. The van der Waals surface area contributed by atoms with Crippen molar-refractivity contribution in [3.05, 3.63) is 95.6 Å². The minimum atomic E-state index is -3.00. The zero-order chi connectivity index (χ0) is 24.4. The van der Waals surface area contributed by atoms with Gasteiger partial charge in [-0.05, 0) is 43.7 Å². The summed E-state index contributed by atoms with van der Waals surface area (Å²) in [4.78, 5) is 31.2. The van der Waals surface area contributed by atoms with Gasteiger partial charge >= 0.3 is 12.6 Å². The number of ether oxygens (including phenoxy) is 2. The number of thiazole rings is 1. The number of para-hydroxylation sites is 1. The maximum Gasteiger partial charge on any atom is 0.387 e. The van der Waals surface area contributed by atoms with Gasteiger partial charge in [-0.15, -0.1) is 0 Å². The van der Waals surface area contributed by atoms with Gasteiger partial charge < -0.3 is 9.47 Å². The Labute approximate surface area is 202 Å². The van der Waals surface area contributed by atoms with Gasteiger partial charge in [0.2, 0.25) is 0 Å². The van der Waals surface area contributed by atoms with Gasteiger partial charge in [0, 0.05) is 10.6 Å². The largest absolute Gasteiger partial charge is 0.463 e. The summed E-state index contributed by atoms with van der Waals surface area (Å²) in [6.45, 7) is 0.529. The van der Waals surface area contributed by atoms with Crippen molar-refractivity contribution in [3.8, 4) is 5.75 Å². The Balaban J connectivity index is 1.93. The molecule has 0 bridgehead atoms. The molecule has 0 amide bonds. The molecule has 1 atom stereocenters. The Morgan fingerprint density at radius 3 is 2.62 bits per heavy atom. The molecule has 2 aromatic carbocycles. The van der Waals surface area contributed by atoms with E-state index in [1.54, 1.807) is 56.3 Å². The van der Waals surface area contributed by atoms with Crippen LogP contribution in [0.3, 0.4) is 0 Å². The highest BCUT2D eigenvalue weighted by Gasteiger charge is 2.33. The third-order valence-electron chi connectivity index (χ3n) is 5.12. The molecule has 1 aliphatic heterocycles. The molecule has 6 nitrogen and oxygen atoms in total. The van der Waals surface area contributed by atoms with Gasteiger partial charge in [0.1, 0.15) is 5.75 Å². The molecule has 0 saturated heterocycles. The number of aromatic nitrogens is 1. The van der Waals surface area contributed by atoms with Gasteiger partial charge in [-0.1, -0.05) is 53.3 Å². The Morgan fingerprint density at radius 1 is 1.24 bits per heavy atom. The number of carbonyl (C=O) groups is 1. The van der Waals surface area contributed by atoms with E-state index in [4.69, 9.17) is 16.3 Å². The van der Waals surface area contributed by atoms with Crippen LogP contribution in [0.25, 0.3) is 6.08 Å². The predicted octanol–water partition coefficient (Wildman–Crippen LogP) is 4.05. The summed E-state index contributed by atoms with van der Waals surface area (Å²) in [6, 6.07) is 12.2. The topological polar surface area (TPSA) is 69.9 Å². The number of fused-ring (bicyclic) bond motifs is 1. The summed E-state index contributed by atoms with van der Waals surface area (Å²) in [6.07, 6.45) is 1.48. The van der Waals surface area contributed by atoms with Gasteiger partial charge in [0.15, 0.2) is 4.80 Å². The lowest BCUT2D eigenvalue weighted by Gasteiger charge is -2.24. The summed E-state index contributed by atoms with van der Waals surface area (Å²) < 4.78 is 37.1. The molecule has 1 aliphatic rings. The van der Waals surface area contributed by atoms with Crippen LogP contribution in [-0.4, -0.2) is 23.8 Å². The third-order valence-corrected chi connectivity index (χ3v) is 6.36. The molecule has 1 aromatic heterocycles. The second kappa shape index (κ2) is 9.90. The second-order valence-electron chi connectivity index (χ2n) is 7.27. The first kappa shape index (κ1) is 23.8. The molecule has 0 N–H and O–H groups in total. The standard InChI is InChI=1S/C24H19ClF2N2O4S/c1-3-32-22(31)19-13(2)28-24-29(20(19)14-8-10-16(25)11-9-14)21(30)18(34-24)12-15-6-4-5-7-17(15)33-23(26)27/h4-12,20,23H,3H2,1-2H3/b18-12+. The fourth-order valence-electron chi connectivity index (χ4n) is 3.70. The molecule has 3 aromatic rings. The van der Waals surface area contributed by atoms with E-state index in [1.807, 2.05) is 0 Å². The molecule has 0 fully saturated rings. The first-order chi connectivity index (χ1) is 16.3. The third kappa shape index (κ3) is 4.67. The number of esters is 1. The molecule has 0 aliphatic carbocycles. The molecule has 1 unspecified atom stereocenters. The van der Waals surface area contributed by atoms with Gasteiger partial charge in [0.25, 0.3) is 5.56 Å². The first-order valence-corrected chi connectivity index (χ1v) is 11.5. The Hall–Kier alpha value is -3.30. The number of hydrogen-bond donors (Lipinski definition) is 0. The van der Waals surface area contributed by atoms with Crippen molar-refractivity contribution in [1.82, 2.24) is 4.57 Å². The normalized spacial score (nSPS) is 15.8. The molecule has 0 saturated carbocycles. The van der Waals surface area contributed by atoms with Crippen LogP contribution in [0.4, 0.5) is 8.78 Å². The molecule has 4 rings (SSSR count). The van der Waals surface area contributed by atoms with E-state index in [9.17, 15) is 18.4 Å². The molecule has 2 heterocycles. The lowest BCUT2D eigenvalue weighted by molar-refractivity contribution is -0.139. The smallest absolute Gasteiger partial charge is 0.387 e. The summed E-state index contributed by atoms with van der Waals surface area (Å²) >= 11 is 7.14. The van der Waals surface area contributed by atoms with Crippen LogP contribution in [0.1, 0.15) is 31.0 Å². The summed E-state index contributed by atoms with van der Waals surface area (Å²) in [5.41, 5.74) is 1.20. The quantitative estimate of drug-likeness (QED) is 0.475. The maximum atomic E-state index is 13.5. The molecule has 0 spiro atoms. The summed E-state index contributed by atoms with van der Waals surface area (Å²) in [5, 5.41) is 0.505.